The lowest BCUT2D eigenvalue weighted by Crippen LogP contribution is -2.32. The molecule has 0 aromatic carbocycles. The molecule has 2 rings (SSSR count). The maximum atomic E-state index is 12.0. The van der Waals surface area contributed by atoms with E-state index in [2.05, 4.69) is 20.4 Å². The number of hydrogen-bond donors (Lipinski definition) is 2. The third-order valence-electron chi connectivity index (χ3n) is 2.97. The summed E-state index contributed by atoms with van der Waals surface area (Å²) in [5, 5.41) is 7.62. The van der Waals surface area contributed by atoms with Gasteiger partial charge in [0.05, 0.1) is 16.5 Å². The minimum Gasteiger partial charge on any atom is -0.355 e. The van der Waals surface area contributed by atoms with Crippen molar-refractivity contribution in [1.29, 1.82) is 0 Å². The lowest BCUT2D eigenvalue weighted by molar-refractivity contribution is -0.120. The van der Waals surface area contributed by atoms with Gasteiger partial charge in [-0.05, 0) is 20.3 Å². The molecule has 2 heterocycles. The average Bonchev–Trinajstić information content (AvgIpc) is 2.87. The van der Waals surface area contributed by atoms with Gasteiger partial charge in [-0.15, -0.1) is 0 Å². The van der Waals surface area contributed by atoms with Gasteiger partial charge >= 0.3 is 0 Å². The third kappa shape index (κ3) is 5.72. The molecule has 0 fully saturated rings. The molecule has 0 bridgehead atoms. The van der Waals surface area contributed by atoms with Crippen LogP contribution in [0.3, 0.4) is 0 Å². The van der Waals surface area contributed by atoms with E-state index in [1.54, 1.807) is 30.9 Å². The number of hydrogen-bond acceptors (Lipinski definition) is 5. The first-order valence-corrected chi connectivity index (χ1v) is 8.40. The fourth-order valence-corrected chi connectivity index (χ4v) is 2.92. The number of carbonyl (C=O) groups is 1. The van der Waals surface area contributed by atoms with Crippen molar-refractivity contribution in [2.24, 2.45) is 0 Å². The summed E-state index contributed by atoms with van der Waals surface area (Å²) >= 11 is 7.00. The van der Waals surface area contributed by atoms with Crippen LogP contribution in [-0.2, 0) is 11.3 Å². The zero-order valence-corrected chi connectivity index (χ0v) is 14.4. The van der Waals surface area contributed by atoms with E-state index in [-0.39, 0.29) is 16.7 Å². The van der Waals surface area contributed by atoms with Crippen LogP contribution in [0, 0.1) is 6.92 Å². The van der Waals surface area contributed by atoms with E-state index in [0.29, 0.717) is 29.0 Å². The molecule has 0 aliphatic rings. The van der Waals surface area contributed by atoms with E-state index in [0.717, 1.165) is 6.42 Å². The van der Waals surface area contributed by atoms with Crippen LogP contribution >= 0.6 is 23.4 Å². The van der Waals surface area contributed by atoms with Crippen molar-refractivity contribution in [1.82, 2.24) is 25.1 Å². The Balaban J connectivity index is 1.75. The molecule has 23 heavy (non-hydrogen) atoms. The quantitative estimate of drug-likeness (QED) is 0.447. The van der Waals surface area contributed by atoms with Crippen molar-refractivity contribution >= 4 is 29.3 Å². The smallest absolute Gasteiger partial charge is 0.251 e. The van der Waals surface area contributed by atoms with Crippen molar-refractivity contribution in [3.8, 4) is 0 Å². The van der Waals surface area contributed by atoms with Crippen LogP contribution in [0.25, 0.3) is 0 Å². The van der Waals surface area contributed by atoms with E-state index in [4.69, 9.17) is 11.6 Å². The van der Waals surface area contributed by atoms with Gasteiger partial charge in [-0.3, -0.25) is 14.3 Å². The molecule has 2 aromatic rings. The summed E-state index contributed by atoms with van der Waals surface area (Å²) in [6.07, 6.45) is 4.07. The molecular weight excluding hydrogens is 338 g/mol. The SMILES string of the molecule is Cc1cc(=O)[nH]c(SC(C)C(=O)NCCCn2cc(Cl)cn2)n1. The van der Waals surface area contributed by atoms with Crippen LogP contribution in [0.4, 0.5) is 0 Å². The van der Waals surface area contributed by atoms with Gasteiger partial charge in [0, 0.05) is 31.0 Å². The second-order valence-electron chi connectivity index (χ2n) is 5.02. The number of nitrogens with one attached hydrogen (secondary N) is 2. The Morgan fingerprint density at radius 3 is 3.00 bits per heavy atom. The maximum Gasteiger partial charge on any atom is 0.251 e. The van der Waals surface area contributed by atoms with Gasteiger partial charge in [-0.25, -0.2) is 4.98 Å². The van der Waals surface area contributed by atoms with Crippen molar-refractivity contribution < 1.29 is 4.79 Å². The molecule has 0 aliphatic heterocycles. The highest BCUT2D eigenvalue weighted by Crippen LogP contribution is 2.18. The highest BCUT2D eigenvalue weighted by Gasteiger charge is 2.15. The van der Waals surface area contributed by atoms with Crippen LogP contribution in [0.2, 0.25) is 5.02 Å². The molecule has 0 saturated heterocycles. The lowest BCUT2D eigenvalue weighted by Gasteiger charge is -2.11. The minimum atomic E-state index is -0.348. The first-order chi connectivity index (χ1) is 10.9. The molecule has 2 N–H and O–H groups in total. The van der Waals surface area contributed by atoms with Gasteiger partial charge in [0.25, 0.3) is 5.56 Å². The summed E-state index contributed by atoms with van der Waals surface area (Å²) in [5.41, 5.74) is 0.409. The van der Waals surface area contributed by atoms with Crippen LogP contribution in [-0.4, -0.2) is 37.5 Å². The number of aryl methyl sites for hydroxylation is 2. The molecule has 0 spiro atoms. The third-order valence-corrected chi connectivity index (χ3v) is 4.15. The monoisotopic (exact) mass is 355 g/mol. The summed E-state index contributed by atoms with van der Waals surface area (Å²) in [6, 6.07) is 1.41. The normalized spacial score (nSPS) is 12.1. The summed E-state index contributed by atoms with van der Waals surface area (Å²) < 4.78 is 1.73. The van der Waals surface area contributed by atoms with Gasteiger partial charge < -0.3 is 10.3 Å². The van der Waals surface area contributed by atoms with E-state index in [9.17, 15) is 9.59 Å². The van der Waals surface area contributed by atoms with Crippen LogP contribution in [0.15, 0.2) is 28.4 Å². The van der Waals surface area contributed by atoms with E-state index in [1.807, 2.05) is 0 Å². The Bertz CT molecular complexity index is 730. The fourth-order valence-electron chi connectivity index (χ4n) is 1.89. The van der Waals surface area contributed by atoms with Crippen LogP contribution < -0.4 is 10.9 Å². The molecule has 2 aromatic heterocycles. The highest BCUT2D eigenvalue weighted by molar-refractivity contribution is 8.00. The van der Waals surface area contributed by atoms with Crippen molar-refractivity contribution in [3.63, 3.8) is 0 Å². The molecule has 7 nitrogen and oxygen atoms in total. The number of aromatic nitrogens is 4. The van der Waals surface area contributed by atoms with Crippen LogP contribution in [0.5, 0.6) is 0 Å². The summed E-state index contributed by atoms with van der Waals surface area (Å²) in [7, 11) is 0. The van der Waals surface area contributed by atoms with Gasteiger partial charge in [0.1, 0.15) is 0 Å². The Morgan fingerprint density at radius 2 is 2.35 bits per heavy atom. The molecule has 124 valence electrons. The van der Waals surface area contributed by atoms with Gasteiger partial charge in [-0.2, -0.15) is 5.10 Å². The number of rotatable bonds is 7. The molecule has 1 amide bonds. The molecule has 0 radical (unpaired) electrons. The summed E-state index contributed by atoms with van der Waals surface area (Å²) in [6.45, 7) is 4.74. The molecule has 1 unspecified atom stereocenters. The fraction of sp³-hybridized carbons (Fsp3) is 0.429. The number of carbonyl (C=O) groups excluding carboxylic acids is 1. The average molecular weight is 356 g/mol. The van der Waals surface area contributed by atoms with Gasteiger partial charge in [-0.1, -0.05) is 23.4 Å². The number of amides is 1. The van der Waals surface area contributed by atoms with Crippen molar-refractivity contribution in [3.05, 3.63) is 39.5 Å². The second kappa shape index (κ2) is 8.16. The van der Waals surface area contributed by atoms with Gasteiger partial charge in [0.2, 0.25) is 5.91 Å². The first kappa shape index (κ1) is 17.6. The number of thioether (sulfide) groups is 1. The van der Waals surface area contributed by atoms with E-state index < -0.39 is 0 Å². The highest BCUT2D eigenvalue weighted by atomic mass is 35.5. The Morgan fingerprint density at radius 1 is 1.57 bits per heavy atom. The zero-order chi connectivity index (χ0) is 16.8. The molecule has 9 heteroatoms. The molecule has 0 saturated carbocycles. The predicted octanol–water partition coefficient (Wildman–Crippen LogP) is 1.62. The number of H-pyrrole nitrogens is 1. The van der Waals surface area contributed by atoms with E-state index >= 15 is 0 Å². The molecule has 0 aliphatic carbocycles. The van der Waals surface area contributed by atoms with Gasteiger partial charge in [0.15, 0.2) is 5.16 Å². The Hall–Kier alpha value is -1.80. The Labute approximate surface area is 142 Å². The number of nitrogens with zero attached hydrogens (tertiary/aromatic N) is 3. The predicted molar refractivity (Wildman–Crippen MR) is 89.8 cm³/mol. The largest absolute Gasteiger partial charge is 0.355 e. The Kier molecular flexibility index (Phi) is 6.23. The summed E-state index contributed by atoms with van der Waals surface area (Å²) in [4.78, 5) is 30.2. The van der Waals surface area contributed by atoms with E-state index in [1.165, 1.54) is 17.8 Å². The summed E-state index contributed by atoms with van der Waals surface area (Å²) in [5.74, 6) is -0.0994. The van der Waals surface area contributed by atoms with Crippen molar-refractivity contribution in [2.75, 3.05) is 6.54 Å². The first-order valence-electron chi connectivity index (χ1n) is 7.14. The molecule has 1 atom stereocenters. The standard InChI is InChI=1S/C14H18ClN5O2S/c1-9-6-12(21)19-14(18-9)23-10(2)13(22)16-4-3-5-20-8-11(15)7-17-20/h6-8,10H,3-5H2,1-2H3,(H,16,22)(H,18,19,21). The van der Waals surface area contributed by atoms with Crippen molar-refractivity contribution in [2.45, 2.75) is 37.2 Å². The number of aromatic amines is 1. The minimum absolute atomic E-state index is 0.0994. The second-order valence-corrected chi connectivity index (χ2v) is 6.78. The zero-order valence-electron chi connectivity index (χ0n) is 12.9. The maximum absolute atomic E-state index is 12.0. The molecular formula is C14H18ClN5O2S. The van der Waals surface area contributed by atoms with Crippen LogP contribution in [0.1, 0.15) is 19.0 Å². The topological polar surface area (TPSA) is 92.7 Å². The lowest BCUT2D eigenvalue weighted by atomic mass is 10.4. The number of halogens is 1.